The zero-order valence-corrected chi connectivity index (χ0v) is 11.8. The van der Waals surface area contributed by atoms with Crippen LogP contribution >= 0.6 is 0 Å². The molecular weight excluding hydrogens is 254 g/mol. The Kier molecular flexibility index (Phi) is 6.42. The Morgan fingerprint density at radius 3 is 2.80 bits per heavy atom. The smallest absolute Gasteiger partial charge is 0.147 e. The van der Waals surface area contributed by atoms with Gasteiger partial charge in [0, 0.05) is 35.1 Å². The number of carbonyl (C=O) groups is 1. The summed E-state index contributed by atoms with van der Waals surface area (Å²) in [7, 11) is 0. The van der Waals surface area contributed by atoms with Crippen LogP contribution in [0.1, 0.15) is 25.8 Å². The molecule has 0 aliphatic heterocycles. The molecule has 6 N–H and O–H groups in total. The highest BCUT2D eigenvalue weighted by Gasteiger charge is 2.07. The van der Waals surface area contributed by atoms with Crippen LogP contribution in [-0.2, 0) is 4.79 Å². The first-order valence-corrected chi connectivity index (χ1v) is 6.37. The second-order valence-corrected chi connectivity index (χ2v) is 4.22. The quantitative estimate of drug-likeness (QED) is 0.257. The zero-order valence-electron chi connectivity index (χ0n) is 11.8. The van der Waals surface area contributed by atoms with E-state index in [2.05, 4.69) is 15.7 Å². The fraction of sp³-hybridized carbons (Fsp3) is 0.286. The Morgan fingerprint density at radius 2 is 2.25 bits per heavy atom. The predicted octanol–water partition coefficient (Wildman–Crippen LogP) is 1.14. The highest BCUT2D eigenvalue weighted by Crippen LogP contribution is 2.17. The second-order valence-electron chi connectivity index (χ2n) is 4.22. The molecule has 0 bridgehead atoms. The van der Waals surface area contributed by atoms with Gasteiger partial charge in [-0.25, -0.2) is 10.8 Å². The molecule has 1 rings (SSSR count). The lowest BCUT2D eigenvalue weighted by atomic mass is 10.1. The number of hydrogen-bond acceptors (Lipinski definition) is 6. The Morgan fingerprint density at radius 1 is 1.50 bits per heavy atom. The fourth-order valence-corrected chi connectivity index (χ4v) is 1.72. The van der Waals surface area contributed by atoms with Crippen molar-refractivity contribution in [2.24, 2.45) is 11.6 Å². The molecule has 0 unspecified atom stereocenters. The number of aromatic nitrogens is 1. The summed E-state index contributed by atoms with van der Waals surface area (Å²) in [6, 6.07) is 3.68. The van der Waals surface area contributed by atoms with Gasteiger partial charge in [-0.15, -0.1) is 0 Å². The maximum atomic E-state index is 10.9. The molecule has 0 fully saturated rings. The number of anilines is 1. The number of nitrogens with one attached hydrogen (secondary N) is 2. The van der Waals surface area contributed by atoms with Gasteiger partial charge in [-0.05, 0) is 32.5 Å². The Bertz CT molecular complexity index is 522. The van der Waals surface area contributed by atoms with E-state index in [4.69, 9.17) is 11.6 Å². The molecule has 0 saturated heterocycles. The number of rotatable bonds is 7. The van der Waals surface area contributed by atoms with Gasteiger partial charge >= 0.3 is 0 Å². The monoisotopic (exact) mass is 275 g/mol. The van der Waals surface area contributed by atoms with Gasteiger partial charge in [0.15, 0.2) is 0 Å². The molecule has 1 aromatic rings. The molecule has 0 amide bonds. The lowest BCUT2D eigenvalue weighted by molar-refractivity contribution is -0.104. The predicted molar refractivity (Wildman–Crippen MR) is 81.3 cm³/mol. The third-order valence-electron chi connectivity index (χ3n) is 2.84. The topological polar surface area (TPSA) is 106 Å². The largest absolute Gasteiger partial charge is 0.358 e. The molecule has 0 atom stereocenters. The number of nitrogen functional groups attached to an aromatic ring is 1. The molecular formula is C14H21N5O. The second kappa shape index (κ2) is 8.08. The molecule has 0 saturated carbocycles. The van der Waals surface area contributed by atoms with Crippen molar-refractivity contribution in [3.63, 3.8) is 0 Å². The zero-order chi connectivity index (χ0) is 15.0. The van der Waals surface area contributed by atoms with Crippen LogP contribution in [0.4, 0.5) is 5.82 Å². The van der Waals surface area contributed by atoms with Crippen molar-refractivity contribution in [3.05, 3.63) is 41.2 Å². The van der Waals surface area contributed by atoms with Crippen molar-refractivity contribution < 1.29 is 4.79 Å². The molecule has 6 nitrogen and oxygen atoms in total. The third-order valence-corrected chi connectivity index (χ3v) is 2.84. The van der Waals surface area contributed by atoms with Crippen molar-refractivity contribution in [3.8, 4) is 0 Å². The van der Waals surface area contributed by atoms with Crippen LogP contribution in [0.25, 0.3) is 5.70 Å². The summed E-state index contributed by atoms with van der Waals surface area (Å²) in [5.41, 5.74) is 11.3. The van der Waals surface area contributed by atoms with Crippen LogP contribution in [0.2, 0.25) is 0 Å². The van der Waals surface area contributed by atoms with Gasteiger partial charge in [0.2, 0.25) is 0 Å². The molecule has 1 aromatic heterocycles. The summed E-state index contributed by atoms with van der Waals surface area (Å²) in [6.07, 6.45) is 5.01. The van der Waals surface area contributed by atoms with E-state index in [1.54, 1.807) is 13.1 Å². The minimum atomic E-state index is 0.469. The average molecular weight is 275 g/mol. The van der Waals surface area contributed by atoms with Gasteiger partial charge in [0.25, 0.3) is 0 Å². The van der Waals surface area contributed by atoms with Gasteiger partial charge in [-0.3, -0.25) is 4.79 Å². The minimum absolute atomic E-state index is 0.469. The standard InChI is InChI=1S/C14H21N5O/c1-3-12(11-5-7-17-14(8-11)19-16)18-13(4-6-15)10(2)9-20/h3,5,7-9,18H,4,6,15-16H2,1-2H3,(H,17,19)/b12-3-,13-10+. The summed E-state index contributed by atoms with van der Waals surface area (Å²) in [4.78, 5) is 15.0. The highest BCUT2D eigenvalue weighted by molar-refractivity contribution is 5.75. The van der Waals surface area contributed by atoms with E-state index in [9.17, 15) is 4.79 Å². The fourth-order valence-electron chi connectivity index (χ4n) is 1.72. The number of pyridine rings is 1. The lowest BCUT2D eigenvalue weighted by Crippen LogP contribution is -2.18. The molecule has 1 heterocycles. The number of hydrazine groups is 1. The van der Waals surface area contributed by atoms with Crippen molar-refractivity contribution in [1.82, 2.24) is 10.3 Å². The summed E-state index contributed by atoms with van der Waals surface area (Å²) in [5, 5.41) is 3.26. The molecule has 20 heavy (non-hydrogen) atoms. The summed E-state index contributed by atoms with van der Waals surface area (Å²) < 4.78 is 0. The lowest BCUT2D eigenvalue weighted by Gasteiger charge is -2.16. The molecule has 0 spiro atoms. The van der Waals surface area contributed by atoms with Gasteiger partial charge < -0.3 is 16.5 Å². The first-order valence-electron chi connectivity index (χ1n) is 6.37. The number of carbonyl (C=O) groups excluding carboxylic acids is 1. The van der Waals surface area contributed by atoms with Gasteiger partial charge in [-0.2, -0.15) is 0 Å². The highest BCUT2D eigenvalue weighted by atomic mass is 16.1. The number of aldehydes is 1. The van der Waals surface area contributed by atoms with Crippen molar-refractivity contribution >= 4 is 17.8 Å². The van der Waals surface area contributed by atoms with E-state index in [0.717, 1.165) is 23.2 Å². The molecule has 108 valence electrons. The van der Waals surface area contributed by atoms with Crippen LogP contribution < -0.4 is 22.3 Å². The van der Waals surface area contributed by atoms with Gasteiger partial charge in [0.05, 0.1) is 0 Å². The van der Waals surface area contributed by atoms with Crippen molar-refractivity contribution in [1.29, 1.82) is 0 Å². The van der Waals surface area contributed by atoms with Crippen LogP contribution in [0.15, 0.2) is 35.7 Å². The Balaban J connectivity index is 3.04. The van der Waals surface area contributed by atoms with E-state index in [0.29, 0.717) is 24.4 Å². The molecule has 0 aromatic carbocycles. The minimum Gasteiger partial charge on any atom is -0.358 e. The Hall–Kier alpha value is -2.18. The maximum Gasteiger partial charge on any atom is 0.147 e. The van der Waals surface area contributed by atoms with Crippen LogP contribution in [0, 0.1) is 0 Å². The van der Waals surface area contributed by atoms with Crippen LogP contribution in [0.3, 0.4) is 0 Å². The molecule has 0 aliphatic carbocycles. The molecule has 0 aliphatic rings. The summed E-state index contributed by atoms with van der Waals surface area (Å²) in [6.45, 7) is 4.14. The summed E-state index contributed by atoms with van der Waals surface area (Å²) in [5.74, 6) is 5.92. The van der Waals surface area contributed by atoms with Crippen molar-refractivity contribution in [2.45, 2.75) is 20.3 Å². The number of nitrogens with two attached hydrogens (primary N) is 2. The third kappa shape index (κ3) is 4.18. The maximum absolute atomic E-state index is 10.9. The van der Waals surface area contributed by atoms with E-state index >= 15 is 0 Å². The average Bonchev–Trinajstić information content (AvgIpc) is 2.50. The van der Waals surface area contributed by atoms with Crippen LogP contribution in [-0.4, -0.2) is 17.8 Å². The molecule has 0 radical (unpaired) electrons. The number of hydrogen-bond donors (Lipinski definition) is 4. The van der Waals surface area contributed by atoms with E-state index < -0.39 is 0 Å². The van der Waals surface area contributed by atoms with E-state index in [-0.39, 0.29) is 0 Å². The van der Waals surface area contributed by atoms with E-state index in [1.165, 1.54) is 0 Å². The normalized spacial score (nSPS) is 12.7. The van der Waals surface area contributed by atoms with Gasteiger partial charge in [-0.1, -0.05) is 6.08 Å². The summed E-state index contributed by atoms with van der Waals surface area (Å²) >= 11 is 0. The number of nitrogens with zero attached hydrogens (tertiary/aromatic N) is 1. The number of allylic oxidation sites excluding steroid dienone is 2. The van der Waals surface area contributed by atoms with E-state index in [1.807, 2.05) is 25.1 Å². The van der Waals surface area contributed by atoms with Gasteiger partial charge in [0.1, 0.15) is 12.1 Å². The first kappa shape index (κ1) is 15.9. The SMILES string of the molecule is C/C=C(\N/C(CCN)=C(\C)C=O)c1ccnc(NN)c1. The Labute approximate surface area is 118 Å². The molecule has 6 heteroatoms. The van der Waals surface area contributed by atoms with Crippen molar-refractivity contribution in [2.75, 3.05) is 12.0 Å². The first-order chi connectivity index (χ1) is 9.65. The van der Waals surface area contributed by atoms with Crippen LogP contribution in [0.5, 0.6) is 0 Å².